The summed E-state index contributed by atoms with van der Waals surface area (Å²) >= 11 is 0. The zero-order chi connectivity index (χ0) is 12.8. The number of sulfone groups is 1. The molecule has 1 aromatic heterocycles. The molecular formula is C12H17N3O2S. The molecule has 1 saturated heterocycles. The van der Waals surface area contributed by atoms with Crippen LogP contribution in [0.15, 0.2) is 12.3 Å². The molecule has 1 fully saturated rings. The first kappa shape index (κ1) is 11.8. The van der Waals surface area contributed by atoms with Gasteiger partial charge in [0, 0.05) is 25.3 Å². The van der Waals surface area contributed by atoms with E-state index < -0.39 is 9.84 Å². The summed E-state index contributed by atoms with van der Waals surface area (Å²) in [7, 11) is -2.85. The monoisotopic (exact) mass is 267 g/mol. The van der Waals surface area contributed by atoms with Crippen LogP contribution in [0.2, 0.25) is 0 Å². The van der Waals surface area contributed by atoms with Gasteiger partial charge in [-0.3, -0.25) is 0 Å². The summed E-state index contributed by atoms with van der Waals surface area (Å²) in [6.45, 7) is 3.71. The predicted octanol–water partition coefficient (Wildman–Crippen LogP) is 0.809. The van der Waals surface area contributed by atoms with Gasteiger partial charge in [0.1, 0.15) is 0 Å². The fourth-order valence-corrected chi connectivity index (χ4v) is 4.49. The number of nitrogens with zero attached hydrogens (tertiary/aromatic N) is 2. The lowest BCUT2D eigenvalue weighted by molar-refractivity contribution is 0.598. The molecule has 0 amide bonds. The van der Waals surface area contributed by atoms with Crippen molar-refractivity contribution in [2.75, 3.05) is 34.8 Å². The predicted molar refractivity (Wildman–Crippen MR) is 71.9 cm³/mol. The third-order valence-electron chi connectivity index (χ3n) is 3.72. The normalized spacial score (nSPS) is 25.6. The average Bonchev–Trinajstić information content (AvgIpc) is 2.70. The van der Waals surface area contributed by atoms with Crippen molar-refractivity contribution in [2.45, 2.75) is 19.4 Å². The van der Waals surface area contributed by atoms with E-state index >= 15 is 0 Å². The molecule has 3 rings (SSSR count). The molecule has 6 heteroatoms. The van der Waals surface area contributed by atoms with Crippen LogP contribution in [0.4, 0.5) is 11.5 Å². The van der Waals surface area contributed by atoms with Gasteiger partial charge in [0.25, 0.3) is 0 Å². The maximum absolute atomic E-state index is 11.6. The Kier molecular flexibility index (Phi) is 2.69. The van der Waals surface area contributed by atoms with Gasteiger partial charge >= 0.3 is 0 Å². The summed E-state index contributed by atoms with van der Waals surface area (Å²) in [5.74, 6) is 1.48. The molecule has 0 saturated carbocycles. The number of aryl methyl sites for hydroxylation is 1. The number of rotatable bonds is 1. The molecule has 0 spiro atoms. The SMILES string of the molecule is Cc1ccnc2c1NCCN2C1CCS(=O)(=O)C1. The minimum Gasteiger partial charge on any atom is -0.380 e. The molecule has 2 aliphatic heterocycles. The van der Waals surface area contributed by atoms with Crippen molar-refractivity contribution >= 4 is 21.3 Å². The zero-order valence-corrected chi connectivity index (χ0v) is 11.2. The Labute approximate surface area is 107 Å². The Bertz CT molecular complexity index is 571. The molecule has 1 aromatic rings. The van der Waals surface area contributed by atoms with Gasteiger partial charge in [0.05, 0.1) is 17.2 Å². The first-order chi connectivity index (χ1) is 8.57. The maximum atomic E-state index is 11.6. The van der Waals surface area contributed by atoms with E-state index in [4.69, 9.17) is 0 Å². The molecule has 5 nitrogen and oxygen atoms in total. The molecule has 0 bridgehead atoms. The maximum Gasteiger partial charge on any atom is 0.152 e. The zero-order valence-electron chi connectivity index (χ0n) is 10.4. The summed E-state index contributed by atoms with van der Waals surface area (Å²) in [5, 5.41) is 3.35. The van der Waals surface area contributed by atoms with E-state index in [1.165, 1.54) is 0 Å². The summed E-state index contributed by atoms with van der Waals surface area (Å²) < 4.78 is 23.2. The number of hydrogen-bond acceptors (Lipinski definition) is 5. The van der Waals surface area contributed by atoms with Crippen molar-refractivity contribution in [3.05, 3.63) is 17.8 Å². The summed E-state index contributed by atoms with van der Waals surface area (Å²) in [6.07, 6.45) is 2.51. The molecule has 1 unspecified atom stereocenters. The Morgan fingerprint density at radius 2 is 2.33 bits per heavy atom. The van der Waals surface area contributed by atoms with E-state index in [-0.39, 0.29) is 11.8 Å². The number of pyridine rings is 1. The van der Waals surface area contributed by atoms with Crippen LogP contribution < -0.4 is 10.2 Å². The van der Waals surface area contributed by atoms with Gasteiger partial charge < -0.3 is 10.2 Å². The Hall–Kier alpha value is -1.30. The third kappa shape index (κ3) is 1.94. The van der Waals surface area contributed by atoms with Crippen LogP contribution in [-0.4, -0.2) is 44.0 Å². The fourth-order valence-electron chi connectivity index (χ4n) is 2.76. The van der Waals surface area contributed by atoms with Crippen LogP contribution in [0, 0.1) is 6.92 Å². The van der Waals surface area contributed by atoms with E-state index in [0.29, 0.717) is 5.75 Å². The molecule has 2 aliphatic rings. The lowest BCUT2D eigenvalue weighted by Gasteiger charge is -2.35. The van der Waals surface area contributed by atoms with E-state index in [0.717, 1.165) is 36.6 Å². The third-order valence-corrected chi connectivity index (χ3v) is 5.47. The highest BCUT2D eigenvalue weighted by molar-refractivity contribution is 7.91. The number of nitrogens with one attached hydrogen (secondary N) is 1. The second-order valence-electron chi connectivity index (χ2n) is 5.00. The quantitative estimate of drug-likeness (QED) is 0.816. The van der Waals surface area contributed by atoms with Crippen molar-refractivity contribution in [3.63, 3.8) is 0 Å². The van der Waals surface area contributed by atoms with Gasteiger partial charge in [-0.15, -0.1) is 0 Å². The largest absolute Gasteiger partial charge is 0.380 e. The average molecular weight is 267 g/mol. The van der Waals surface area contributed by atoms with Crippen molar-refractivity contribution in [3.8, 4) is 0 Å². The number of hydrogen-bond donors (Lipinski definition) is 1. The lowest BCUT2D eigenvalue weighted by Crippen LogP contribution is -2.43. The topological polar surface area (TPSA) is 62.3 Å². The van der Waals surface area contributed by atoms with E-state index in [9.17, 15) is 8.42 Å². The second kappa shape index (κ2) is 4.12. The fraction of sp³-hybridized carbons (Fsp3) is 0.583. The van der Waals surface area contributed by atoms with Gasteiger partial charge in [-0.25, -0.2) is 13.4 Å². The molecule has 98 valence electrons. The van der Waals surface area contributed by atoms with Crippen molar-refractivity contribution < 1.29 is 8.42 Å². The molecule has 1 atom stereocenters. The molecule has 18 heavy (non-hydrogen) atoms. The summed E-state index contributed by atoms with van der Waals surface area (Å²) in [4.78, 5) is 6.58. The van der Waals surface area contributed by atoms with Crippen LogP contribution in [0.3, 0.4) is 0 Å². The van der Waals surface area contributed by atoms with E-state index in [2.05, 4.69) is 15.2 Å². The number of anilines is 2. The number of fused-ring (bicyclic) bond motifs is 1. The van der Waals surface area contributed by atoms with Crippen LogP contribution in [0.5, 0.6) is 0 Å². The minimum atomic E-state index is -2.85. The Morgan fingerprint density at radius 3 is 3.06 bits per heavy atom. The van der Waals surface area contributed by atoms with Gasteiger partial charge in [0.2, 0.25) is 0 Å². The second-order valence-corrected chi connectivity index (χ2v) is 7.23. The minimum absolute atomic E-state index is 0.0881. The Balaban J connectivity index is 1.95. The highest BCUT2D eigenvalue weighted by atomic mass is 32.2. The van der Waals surface area contributed by atoms with Gasteiger partial charge in [-0.1, -0.05) is 0 Å². The van der Waals surface area contributed by atoms with Crippen LogP contribution in [0.25, 0.3) is 0 Å². The highest BCUT2D eigenvalue weighted by Crippen LogP contribution is 2.33. The van der Waals surface area contributed by atoms with Gasteiger partial charge in [-0.05, 0) is 25.0 Å². The first-order valence-electron chi connectivity index (χ1n) is 6.23. The first-order valence-corrected chi connectivity index (χ1v) is 8.05. The smallest absolute Gasteiger partial charge is 0.152 e. The van der Waals surface area contributed by atoms with Crippen LogP contribution >= 0.6 is 0 Å². The number of aromatic nitrogens is 1. The van der Waals surface area contributed by atoms with E-state index in [1.807, 2.05) is 13.0 Å². The van der Waals surface area contributed by atoms with Crippen molar-refractivity contribution in [1.29, 1.82) is 0 Å². The molecular weight excluding hydrogens is 250 g/mol. The molecule has 0 radical (unpaired) electrons. The molecule has 1 N–H and O–H groups in total. The molecule has 0 aliphatic carbocycles. The highest BCUT2D eigenvalue weighted by Gasteiger charge is 2.35. The van der Waals surface area contributed by atoms with Crippen molar-refractivity contribution in [1.82, 2.24) is 4.98 Å². The summed E-state index contributed by atoms with van der Waals surface area (Å²) in [5.41, 5.74) is 2.21. The summed E-state index contributed by atoms with van der Waals surface area (Å²) in [6, 6.07) is 2.06. The Morgan fingerprint density at radius 1 is 1.50 bits per heavy atom. The van der Waals surface area contributed by atoms with Gasteiger partial charge in [0.15, 0.2) is 15.7 Å². The van der Waals surface area contributed by atoms with Crippen LogP contribution in [-0.2, 0) is 9.84 Å². The standard InChI is InChI=1S/C12H17N3O2S/c1-9-2-4-14-12-11(9)13-5-6-15(12)10-3-7-18(16,17)8-10/h2,4,10,13H,3,5-8H2,1H3. The molecule has 3 heterocycles. The lowest BCUT2D eigenvalue weighted by atomic mass is 10.1. The van der Waals surface area contributed by atoms with Gasteiger partial charge in [-0.2, -0.15) is 0 Å². The molecule has 0 aromatic carbocycles. The van der Waals surface area contributed by atoms with Crippen LogP contribution in [0.1, 0.15) is 12.0 Å². The van der Waals surface area contributed by atoms with Crippen molar-refractivity contribution in [2.24, 2.45) is 0 Å². The van der Waals surface area contributed by atoms with E-state index in [1.54, 1.807) is 6.20 Å².